The van der Waals surface area contributed by atoms with E-state index in [4.69, 9.17) is 5.11 Å². The number of nitrogens with one attached hydrogen (secondary N) is 2. The first-order valence-electron chi connectivity index (χ1n) is 2.97. The number of nitrogens with zero attached hydrogens (tertiary/aromatic N) is 1. The predicted molar refractivity (Wildman–Crippen MR) is 37.9 cm³/mol. The quantitative estimate of drug-likeness (QED) is 0.456. The summed E-state index contributed by atoms with van der Waals surface area (Å²) in [6.07, 6.45) is -1.13. The van der Waals surface area contributed by atoms with Gasteiger partial charge in [-0.25, -0.2) is 10.2 Å². The molecule has 0 saturated heterocycles. The van der Waals surface area contributed by atoms with Gasteiger partial charge in [0.15, 0.2) is 0 Å². The fourth-order valence-electron chi connectivity index (χ4n) is 0.462. The van der Waals surface area contributed by atoms with E-state index >= 15 is 0 Å². The molecule has 0 bridgehead atoms. The third-order valence-electron chi connectivity index (χ3n) is 0.972. The zero-order valence-electron chi connectivity index (χ0n) is 6.42. The fraction of sp³-hybridized carbons (Fsp3) is 0.600. The molecule has 0 radical (unpaired) electrons. The predicted octanol–water partition coefficient (Wildman–Crippen LogP) is -1.15. The molecule has 0 aromatic heterocycles. The minimum Gasteiger partial charge on any atom is -0.465 e. The van der Waals surface area contributed by atoms with Gasteiger partial charge in [-0.05, 0) is 0 Å². The summed E-state index contributed by atoms with van der Waals surface area (Å²) in [5, 5.41) is 8.32. The molecule has 0 unspecified atom stereocenters. The summed E-state index contributed by atoms with van der Waals surface area (Å²) >= 11 is 0. The first kappa shape index (κ1) is 9.70. The van der Waals surface area contributed by atoms with Crippen molar-refractivity contribution < 1.29 is 14.7 Å². The van der Waals surface area contributed by atoms with Gasteiger partial charge in [0, 0.05) is 14.1 Å². The van der Waals surface area contributed by atoms with Crippen LogP contribution in [-0.2, 0) is 4.79 Å². The van der Waals surface area contributed by atoms with Crippen molar-refractivity contribution in [3.05, 3.63) is 0 Å². The highest BCUT2D eigenvalue weighted by atomic mass is 16.4. The molecule has 6 nitrogen and oxygen atoms in total. The van der Waals surface area contributed by atoms with Crippen LogP contribution in [0.4, 0.5) is 4.79 Å². The number of carbonyl (C=O) groups excluding carboxylic acids is 1. The van der Waals surface area contributed by atoms with Gasteiger partial charge in [-0.3, -0.25) is 10.2 Å². The van der Waals surface area contributed by atoms with Crippen LogP contribution in [0.3, 0.4) is 0 Å². The number of hydrogen-bond donors (Lipinski definition) is 3. The van der Waals surface area contributed by atoms with Gasteiger partial charge in [0.05, 0.1) is 0 Å². The van der Waals surface area contributed by atoms with Crippen LogP contribution < -0.4 is 10.9 Å². The van der Waals surface area contributed by atoms with Gasteiger partial charge in [0.1, 0.15) is 6.54 Å². The van der Waals surface area contributed by atoms with Crippen LogP contribution in [0, 0.1) is 0 Å². The van der Waals surface area contributed by atoms with Crippen LogP contribution in [0.2, 0.25) is 0 Å². The molecule has 0 saturated carbocycles. The first-order chi connectivity index (χ1) is 5.07. The van der Waals surface area contributed by atoms with Gasteiger partial charge in [-0.15, -0.1) is 0 Å². The SMILES string of the molecule is CNNC(=O)CN(C)C(=O)O. The van der Waals surface area contributed by atoms with Crippen LogP contribution in [0.5, 0.6) is 0 Å². The molecule has 64 valence electrons. The lowest BCUT2D eigenvalue weighted by Gasteiger charge is -2.11. The zero-order valence-corrected chi connectivity index (χ0v) is 6.42. The van der Waals surface area contributed by atoms with E-state index in [9.17, 15) is 9.59 Å². The van der Waals surface area contributed by atoms with E-state index in [0.29, 0.717) is 0 Å². The topological polar surface area (TPSA) is 81.7 Å². The van der Waals surface area contributed by atoms with Gasteiger partial charge < -0.3 is 10.0 Å². The maximum absolute atomic E-state index is 10.7. The molecule has 0 rings (SSSR count). The summed E-state index contributed by atoms with van der Waals surface area (Å²) in [5.41, 5.74) is 4.63. The van der Waals surface area contributed by atoms with Gasteiger partial charge >= 0.3 is 6.09 Å². The third kappa shape index (κ3) is 4.15. The molecule has 6 heteroatoms. The van der Waals surface area contributed by atoms with Crippen molar-refractivity contribution in [3.63, 3.8) is 0 Å². The standard InChI is InChI=1S/C5H11N3O3/c1-6-7-4(9)3-8(2)5(10)11/h6H,3H2,1-2H3,(H,7,9)(H,10,11). The molecule has 0 aliphatic heterocycles. The maximum atomic E-state index is 10.7. The molecule has 0 fully saturated rings. The highest BCUT2D eigenvalue weighted by Gasteiger charge is 2.09. The molecule has 0 aliphatic rings. The van der Waals surface area contributed by atoms with Crippen LogP contribution in [-0.4, -0.2) is 42.6 Å². The molecular formula is C5H11N3O3. The minimum atomic E-state index is -1.13. The van der Waals surface area contributed by atoms with Gasteiger partial charge in [-0.1, -0.05) is 0 Å². The van der Waals surface area contributed by atoms with Gasteiger partial charge in [-0.2, -0.15) is 0 Å². The largest absolute Gasteiger partial charge is 0.465 e. The fourth-order valence-corrected chi connectivity index (χ4v) is 0.462. The Morgan fingerprint density at radius 3 is 2.45 bits per heavy atom. The second kappa shape index (κ2) is 4.51. The van der Waals surface area contributed by atoms with E-state index in [1.807, 2.05) is 0 Å². The highest BCUT2D eigenvalue weighted by Crippen LogP contribution is 1.81. The minimum absolute atomic E-state index is 0.170. The Hall–Kier alpha value is -1.30. The van der Waals surface area contributed by atoms with E-state index in [-0.39, 0.29) is 6.54 Å². The van der Waals surface area contributed by atoms with E-state index in [0.717, 1.165) is 4.90 Å². The lowest BCUT2D eigenvalue weighted by atomic mass is 10.5. The summed E-state index contributed by atoms with van der Waals surface area (Å²) in [6.45, 7) is -0.170. The number of likely N-dealkylation sites (N-methyl/N-ethyl adjacent to an activating group) is 1. The number of hydrazine groups is 1. The Morgan fingerprint density at radius 2 is 2.09 bits per heavy atom. The summed E-state index contributed by atoms with van der Waals surface area (Å²) in [7, 11) is 2.84. The van der Waals surface area contributed by atoms with Crippen LogP contribution >= 0.6 is 0 Å². The molecule has 0 atom stereocenters. The highest BCUT2D eigenvalue weighted by molar-refractivity contribution is 5.81. The molecule has 0 aromatic rings. The number of hydrogen-bond acceptors (Lipinski definition) is 3. The number of amides is 2. The zero-order chi connectivity index (χ0) is 8.85. The summed E-state index contributed by atoms with van der Waals surface area (Å²) in [6, 6.07) is 0. The van der Waals surface area contributed by atoms with Gasteiger partial charge in [0.2, 0.25) is 0 Å². The normalized spacial score (nSPS) is 8.91. The molecule has 0 aromatic carbocycles. The van der Waals surface area contributed by atoms with Crippen molar-refractivity contribution in [3.8, 4) is 0 Å². The molecular weight excluding hydrogens is 150 g/mol. The Labute approximate surface area is 64.1 Å². The van der Waals surface area contributed by atoms with Crippen LogP contribution in [0.15, 0.2) is 0 Å². The Kier molecular flexibility index (Phi) is 3.97. The molecule has 11 heavy (non-hydrogen) atoms. The molecule has 0 spiro atoms. The van der Waals surface area contributed by atoms with E-state index in [1.54, 1.807) is 0 Å². The van der Waals surface area contributed by atoms with Gasteiger partial charge in [0.25, 0.3) is 5.91 Å². The number of rotatable bonds is 3. The number of carboxylic acid groups (broad SMARTS) is 1. The summed E-state index contributed by atoms with van der Waals surface area (Å²) in [5.74, 6) is -0.391. The summed E-state index contributed by atoms with van der Waals surface area (Å²) < 4.78 is 0. The second-order valence-corrected chi connectivity index (χ2v) is 1.94. The van der Waals surface area contributed by atoms with Crippen molar-refractivity contribution in [1.82, 2.24) is 15.8 Å². The van der Waals surface area contributed by atoms with Crippen molar-refractivity contribution >= 4 is 12.0 Å². The smallest absolute Gasteiger partial charge is 0.407 e. The van der Waals surface area contributed by atoms with Crippen molar-refractivity contribution in [2.24, 2.45) is 0 Å². The molecule has 3 N–H and O–H groups in total. The molecule has 2 amide bonds. The lowest BCUT2D eigenvalue weighted by molar-refractivity contribution is -0.122. The lowest BCUT2D eigenvalue weighted by Crippen LogP contribution is -2.42. The van der Waals surface area contributed by atoms with Crippen LogP contribution in [0.1, 0.15) is 0 Å². The van der Waals surface area contributed by atoms with Crippen molar-refractivity contribution in [1.29, 1.82) is 0 Å². The molecule has 0 heterocycles. The van der Waals surface area contributed by atoms with E-state index in [2.05, 4.69) is 10.9 Å². The molecule has 0 aliphatic carbocycles. The van der Waals surface area contributed by atoms with Crippen LogP contribution in [0.25, 0.3) is 0 Å². The van der Waals surface area contributed by atoms with E-state index in [1.165, 1.54) is 14.1 Å². The average Bonchev–Trinajstić information content (AvgIpc) is 1.87. The first-order valence-corrected chi connectivity index (χ1v) is 2.97. The Bertz CT molecular complexity index is 159. The van der Waals surface area contributed by atoms with E-state index < -0.39 is 12.0 Å². The third-order valence-corrected chi connectivity index (χ3v) is 0.972. The van der Waals surface area contributed by atoms with Crippen molar-refractivity contribution in [2.45, 2.75) is 0 Å². The van der Waals surface area contributed by atoms with Crippen molar-refractivity contribution in [2.75, 3.05) is 20.6 Å². The maximum Gasteiger partial charge on any atom is 0.407 e. The monoisotopic (exact) mass is 161 g/mol. The Morgan fingerprint density at radius 1 is 1.55 bits per heavy atom. The number of carbonyl (C=O) groups is 2. The average molecular weight is 161 g/mol. The second-order valence-electron chi connectivity index (χ2n) is 1.94. The Balaban J connectivity index is 3.66. The summed E-state index contributed by atoms with van der Waals surface area (Å²) in [4.78, 5) is 21.7.